The monoisotopic (exact) mass is 461 g/mol. The number of hydrogen-bond donors (Lipinski definition) is 1. The second kappa shape index (κ2) is 8.85. The van der Waals surface area contributed by atoms with Gasteiger partial charge in [0, 0.05) is 22.5 Å². The molecule has 1 saturated heterocycles. The topological polar surface area (TPSA) is 79.4 Å². The Hall–Kier alpha value is -2.26. The standard InChI is InChI=1S/C21H20ClN3O3S2/c22-16-9-11-17(12-10-16)30(27,28)25-13-5-4-8-19(25)20(26)24-21-23-18(14-29-21)15-6-2-1-3-7-15/h1-3,6-7,9-12,14,19H,4-5,8,13H2,(H,23,24,26)/t19-/m1/s1. The van der Waals surface area contributed by atoms with E-state index < -0.39 is 16.1 Å². The van der Waals surface area contributed by atoms with Crippen molar-refractivity contribution in [1.82, 2.24) is 9.29 Å². The van der Waals surface area contributed by atoms with Crippen LogP contribution in [0.1, 0.15) is 19.3 Å². The van der Waals surface area contributed by atoms with Crippen LogP contribution in [0.4, 0.5) is 5.13 Å². The molecule has 9 heteroatoms. The fourth-order valence-corrected chi connectivity index (χ4v) is 5.96. The number of amides is 1. The Labute approximate surface area is 184 Å². The van der Waals surface area contributed by atoms with Crippen LogP contribution < -0.4 is 5.32 Å². The number of halogens is 1. The third-order valence-electron chi connectivity index (χ3n) is 4.98. The van der Waals surface area contributed by atoms with Crippen molar-refractivity contribution in [3.8, 4) is 11.3 Å². The summed E-state index contributed by atoms with van der Waals surface area (Å²) in [6.45, 7) is 0.302. The number of hydrogen-bond acceptors (Lipinski definition) is 5. The van der Waals surface area contributed by atoms with Crippen molar-refractivity contribution in [3.05, 3.63) is 65.0 Å². The highest BCUT2D eigenvalue weighted by Crippen LogP contribution is 2.29. The highest BCUT2D eigenvalue weighted by molar-refractivity contribution is 7.89. The smallest absolute Gasteiger partial charge is 0.244 e. The van der Waals surface area contributed by atoms with Crippen molar-refractivity contribution in [2.75, 3.05) is 11.9 Å². The van der Waals surface area contributed by atoms with Gasteiger partial charge in [0.15, 0.2) is 5.13 Å². The highest BCUT2D eigenvalue weighted by atomic mass is 35.5. The number of nitrogens with zero attached hydrogens (tertiary/aromatic N) is 2. The van der Waals surface area contributed by atoms with Gasteiger partial charge < -0.3 is 5.32 Å². The number of benzene rings is 2. The number of anilines is 1. The van der Waals surface area contributed by atoms with E-state index in [1.807, 2.05) is 35.7 Å². The lowest BCUT2D eigenvalue weighted by Crippen LogP contribution is -2.49. The molecule has 0 radical (unpaired) electrons. The van der Waals surface area contributed by atoms with Crippen molar-refractivity contribution in [1.29, 1.82) is 0 Å². The van der Waals surface area contributed by atoms with Crippen LogP contribution in [0.25, 0.3) is 11.3 Å². The van der Waals surface area contributed by atoms with E-state index in [0.717, 1.165) is 17.7 Å². The van der Waals surface area contributed by atoms with E-state index in [4.69, 9.17) is 11.6 Å². The number of nitrogens with one attached hydrogen (secondary N) is 1. The largest absolute Gasteiger partial charge is 0.301 e. The fourth-order valence-electron chi connectivity index (χ4n) is 3.46. The molecule has 6 nitrogen and oxygen atoms in total. The molecule has 1 atom stereocenters. The van der Waals surface area contributed by atoms with Crippen LogP contribution in [0.2, 0.25) is 5.02 Å². The number of rotatable bonds is 5. The van der Waals surface area contributed by atoms with Gasteiger partial charge in [0.05, 0.1) is 10.6 Å². The maximum atomic E-state index is 13.1. The first-order valence-electron chi connectivity index (χ1n) is 9.54. The average molecular weight is 462 g/mol. The van der Waals surface area contributed by atoms with Crippen LogP contribution in [0.5, 0.6) is 0 Å². The molecule has 1 aromatic heterocycles. The fraction of sp³-hybridized carbons (Fsp3) is 0.238. The number of aromatic nitrogens is 1. The van der Waals surface area contributed by atoms with Crippen molar-refractivity contribution >= 4 is 44.0 Å². The van der Waals surface area contributed by atoms with Gasteiger partial charge in [-0.15, -0.1) is 11.3 Å². The summed E-state index contributed by atoms with van der Waals surface area (Å²) in [5, 5.41) is 5.59. The maximum absolute atomic E-state index is 13.1. The van der Waals surface area contributed by atoms with Crippen molar-refractivity contribution in [2.24, 2.45) is 0 Å². The minimum absolute atomic E-state index is 0.132. The van der Waals surface area contributed by atoms with Crippen LogP contribution in [-0.2, 0) is 14.8 Å². The van der Waals surface area contributed by atoms with Gasteiger partial charge in [0.25, 0.3) is 0 Å². The van der Waals surface area contributed by atoms with E-state index in [-0.39, 0.29) is 10.8 Å². The van der Waals surface area contributed by atoms with Gasteiger partial charge >= 0.3 is 0 Å². The average Bonchev–Trinajstić information content (AvgIpc) is 3.23. The SMILES string of the molecule is O=C(Nc1nc(-c2ccccc2)cs1)[C@H]1CCCCN1S(=O)(=O)c1ccc(Cl)cc1. The molecular formula is C21H20ClN3O3S2. The summed E-state index contributed by atoms with van der Waals surface area (Å²) in [5.41, 5.74) is 1.73. The first-order chi connectivity index (χ1) is 14.4. The van der Waals surface area contributed by atoms with E-state index in [0.29, 0.717) is 29.5 Å². The third kappa shape index (κ3) is 4.41. The van der Waals surface area contributed by atoms with Gasteiger partial charge in [0.1, 0.15) is 6.04 Å². The molecule has 1 fully saturated rings. The molecule has 3 aromatic rings. The lowest BCUT2D eigenvalue weighted by molar-refractivity contribution is -0.120. The van der Waals surface area contributed by atoms with Gasteiger partial charge in [-0.2, -0.15) is 4.31 Å². The second-order valence-electron chi connectivity index (χ2n) is 6.97. The van der Waals surface area contributed by atoms with Crippen LogP contribution in [0.15, 0.2) is 64.9 Å². The highest BCUT2D eigenvalue weighted by Gasteiger charge is 2.37. The van der Waals surface area contributed by atoms with Gasteiger partial charge in [-0.05, 0) is 37.1 Å². The molecule has 2 heterocycles. The van der Waals surface area contributed by atoms with Crippen molar-refractivity contribution in [3.63, 3.8) is 0 Å². The summed E-state index contributed by atoms with van der Waals surface area (Å²) in [4.78, 5) is 17.6. The van der Waals surface area contributed by atoms with E-state index in [1.54, 1.807) is 0 Å². The Kier molecular flexibility index (Phi) is 6.19. The molecule has 1 amide bonds. The predicted molar refractivity (Wildman–Crippen MR) is 119 cm³/mol. The summed E-state index contributed by atoms with van der Waals surface area (Å²) in [6, 6.07) is 14.9. The van der Waals surface area contributed by atoms with Crippen molar-refractivity contribution < 1.29 is 13.2 Å². The first-order valence-corrected chi connectivity index (χ1v) is 12.2. The molecule has 0 saturated carbocycles. The van der Waals surface area contributed by atoms with Crippen LogP contribution >= 0.6 is 22.9 Å². The molecular weight excluding hydrogens is 442 g/mol. The molecule has 2 aromatic carbocycles. The van der Waals surface area contributed by atoms with Crippen LogP contribution in [0.3, 0.4) is 0 Å². The predicted octanol–water partition coefficient (Wildman–Crippen LogP) is 4.65. The number of piperidine rings is 1. The zero-order valence-corrected chi connectivity index (χ0v) is 18.4. The molecule has 0 spiro atoms. The molecule has 0 bridgehead atoms. The lowest BCUT2D eigenvalue weighted by Gasteiger charge is -2.33. The van der Waals surface area contributed by atoms with Gasteiger partial charge in [-0.25, -0.2) is 13.4 Å². The van der Waals surface area contributed by atoms with E-state index >= 15 is 0 Å². The Morgan fingerprint density at radius 1 is 1.10 bits per heavy atom. The van der Waals surface area contributed by atoms with E-state index in [1.165, 1.54) is 39.9 Å². The minimum Gasteiger partial charge on any atom is -0.301 e. The second-order valence-corrected chi connectivity index (χ2v) is 10.2. The maximum Gasteiger partial charge on any atom is 0.244 e. The first kappa shape index (κ1) is 21.0. The van der Waals surface area contributed by atoms with Crippen molar-refractivity contribution in [2.45, 2.75) is 30.2 Å². The summed E-state index contributed by atoms with van der Waals surface area (Å²) in [7, 11) is -3.81. The summed E-state index contributed by atoms with van der Waals surface area (Å²) < 4.78 is 27.6. The number of carbonyl (C=O) groups excluding carboxylic acids is 1. The Balaban J connectivity index is 1.53. The summed E-state index contributed by atoms with van der Waals surface area (Å²) in [5.74, 6) is -0.360. The lowest BCUT2D eigenvalue weighted by atomic mass is 10.0. The number of carbonyl (C=O) groups is 1. The zero-order chi connectivity index (χ0) is 21.1. The van der Waals surface area contributed by atoms with Gasteiger partial charge in [-0.3, -0.25) is 4.79 Å². The van der Waals surface area contributed by atoms with Gasteiger partial charge in [-0.1, -0.05) is 48.4 Å². The zero-order valence-electron chi connectivity index (χ0n) is 16.0. The molecule has 30 heavy (non-hydrogen) atoms. The number of thiazole rings is 1. The van der Waals surface area contributed by atoms with Crippen LogP contribution in [-0.4, -0.2) is 36.2 Å². The normalized spacial score (nSPS) is 17.6. The molecule has 0 unspecified atom stereocenters. The van der Waals surface area contributed by atoms with E-state index in [9.17, 15) is 13.2 Å². The van der Waals surface area contributed by atoms with E-state index in [2.05, 4.69) is 10.3 Å². The number of sulfonamides is 1. The molecule has 0 aliphatic carbocycles. The Bertz CT molecular complexity index is 1130. The molecule has 1 aliphatic heterocycles. The van der Waals surface area contributed by atoms with Gasteiger partial charge in [0.2, 0.25) is 15.9 Å². The summed E-state index contributed by atoms with van der Waals surface area (Å²) >= 11 is 7.20. The molecule has 1 aliphatic rings. The van der Waals surface area contributed by atoms with Crippen LogP contribution in [0, 0.1) is 0 Å². The summed E-state index contributed by atoms with van der Waals surface area (Å²) in [6.07, 6.45) is 1.97. The molecule has 4 rings (SSSR count). The minimum atomic E-state index is -3.81. The Morgan fingerprint density at radius 2 is 1.83 bits per heavy atom. The molecule has 1 N–H and O–H groups in total. The Morgan fingerprint density at radius 3 is 2.57 bits per heavy atom. The quantitative estimate of drug-likeness (QED) is 0.600. The third-order valence-corrected chi connectivity index (χ3v) is 7.91. The molecule has 156 valence electrons.